The first kappa shape index (κ1) is 15.8. The molecule has 2 aliphatic carbocycles. The van der Waals surface area contributed by atoms with Crippen LogP contribution in [-0.4, -0.2) is 17.0 Å². The van der Waals surface area contributed by atoms with Gasteiger partial charge in [0, 0.05) is 6.54 Å². The third-order valence-electron chi connectivity index (χ3n) is 5.32. The predicted octanol–water partition coefficient (Wildman–Crippen LogP) is 3.00. The standard InChI is InChI=1S/C19H23NO3/c1-11(2)15-13-8-9-14(15)17(19(22)23)16(13)18(21)20-10-12-6-4-3-5-7-12/h3-7,13-14,16-17H,8-10H2,1-2H3,(H,20,21)(H,22,23)/t13-,14-,16+,17-/m0/s1. The topological polar surface area (TPSA) is 66.4 Å². The van der Waals surface area contributed by atoms with Crippen molar-refractivity contribution in [3.8, 4) is 0 Å². The van der Waals surface area contributed by atoms with Crippen molar-refractivity contribution < 1.29 is 14.7 Å². The normalized spacial score (nSPS) is 28.7. The van der Waals surface area contributed by atoms with Gasteiger partial charge in [0.05, 0.1) is 11.8 Å². The van der Waals surface area contributed by atoms with E-state index in [1.807, 2.05) is 44.2 Å². The van der Waals surface area contributed by atoms with Crippen molar-refractivity contribution >= 4 is 11.9 Å². The first-order valence-electron chi connectivity index (χ1n) is 8.22. The molecule has 3 rings (SSSR count). The highest BCUT2D eigenvalue weighted by Gasteiger charge is 2.57. The number of carbonyl (C=O) groups excluding carboxylic acids is 1. The number of allylic oxidation sites excluding steroid dienone is 2. The van der Waals surface area contributed by atoms with E-state index in [0.29, 0.717) is 6.54 Å². The average Bonchev–Trinajstić information content (AvgIpc) is 3.09. The van der Waals surface area contributed by atoms with Crippen LogP contribution >= 0.6 is 0 Å². The lowest BCUT2D eigenvalue weighted by Crippen LogP contribution is -2.41. The van der Waals surface area contributed by atoms with Gasteiger partial charge in [-0.2, -0.15) is 0 Å². The number of amides is 1. The summed E-state index contributed by atoms with van der Waals surface area (Å²) in [6.45, 7) is 4.51. The monoisotopic (exact) mass is 313 g/mol. The van der Waals surface area contributed by atoms with Crippen molar-refractivity contribution in [2.45, 2.75) is 33.2 Å². The zero-order valence-corrected chi connectivity index (χ0v) is 13.6. The number of carboxylic acids is 1. The number of carboxylic acid groups (broad SMARTS) is 1. The van der Waals surface area contributed by atoms with Crippen LogP contribution in [0, 0.1) is 23.7 Å². The molecular weight excluding hydrogens is 290 g/mol. The molecule has 4 heteroatoms. The molecule has 0 radical (unpaired) electrons. The van der Waals surface area contributed by atoms with Crippen molar-refractivity contribution in [3.63, 3.8) is 0 Å². The van der Waals surface area contributed by atoms with Crippen molar-refractivity contribution in [3.05, 3.63) is 47.0 Å². The van der Waals surface area contributed by atoms with Crippen LogP contribution in [0.2, 0.25) is 0 Å². The van der Waals surface area contributed by atoms with Crippen LogP contribution in [-0.2, 0) is 16.1 Å². The van der Waals surface area contributed by atoms with E-state index in [1.54, 1.807) is 0 Å². The summed E-state index contributed by atoms with van der Waals surface area (Å²) in [6.07, 6.45) is 1.82. The molecule has 2 bridgehead atoms. The molecule has 0 unspecified atom stereocenters. The molecule has 122 valence electrons. The zero-order chi connectivity index (χ0) is 16.6. The van der Waals surface area contributed by atoms with Crippen LogP contribution in [0.25, 0.3) is 0 Å². The number of benzene rings is 1. The van der Waals surface area contributed by atoms with Gasteiger partial charge in [-0.3, -0.25) is 9.59 Å². The second kappa shape index (κ2) is 6.19. The highest BCUT2D eigenvalue weighted by Crippen LogP contribution is 2.57. The van der Waals surface area contributed by atoms with Crippen LogP contribution in [0.5, 0.6) is 0 Å². The van der Waals surface area contributed by atoms with Gasteiger partial charge < -0.3 is 10.4 Å². The molecule has 4 nitrogen and oxygen atoms in total. The molecule has 0 heterocycles. The van der Waals surface area contributed by atoms with Gasteiger partial charge in [-0.05, 0) is 44.1 Å². The molecule has 2 N–H and O–H groups in total. The highest BCUT2D eigenvalue weighted by atomic mass is 16.4. The van der Waals surface area contributed by atoms with Gasteiger partial charge in [0.2, 0.25) is 5.91 Å². The Bertz CT molecular complexity index is 646. The van der Waals surface area contributed by atoms with Gasteiger partial charge in [0.25, 0.3) is 0 Å². The van der Waals surface area contributed by atoms with Crippen LogP contribution < -0.4 is 5.32 Å². The number of aliphatic carboxylic acids is 1. The third-order valence-corrected chi connectivity index (χ3v) is 5.32. The quantitative estimate of drug-likeness (QED) is 0.840. The first-order valence-corrected chi connectivity index (χ1v) is 8.22. The number of hydrogen-bond donors (Lipinski definition) is 2. The van der Waals surface area contributed by atoms with E-state index >= 15 is 0 Å². The Morgan fingerprint density at radius 2 is 1.70 bits per heavy atom. The van der Waals surface area contributed by atoms with Crippen molar-refractivity contribution in [2.75, 3.05) is 0 Å². The number of hydrogen-bond acceptors (Lipinski definition) is 2. The summed E-state index contributed by atoms with van der Waals surface area (Å²) in [4.78, 5) is 24.4. The lowest BCUT2D eigenvalue weighted by molar-refractivity contribution is -0.149. The number of rotatable bonds is 4. The summed E-state index contributed by atoms with van der Waals surface area (Å²) in [5.41, 5.74) is 3.43. The molecule has 2 aliphatic rings. The van der Waals surface area contributed by atoms with Crippen molar-refractivity contribution in [1.82, 2.24) is 5.32 Å². The van der Waals surface area contributed by atoms with E-state index in [4.69, 9.17) is 0 Å². The molecule has 1 aromatic rings. The molecule has 2 fully saturated rings. The SMILES string of the molecule is CC(C)=C1[C@@H]2CC[C@@H]1[C@@H](C(=O)NCc1ccccc1)[C@H]2C(=O)O. The van der Waals surface area contributed by atoms with E-state index < -0.39 is 17.8 Å². The maximum absolute atomic E-state index is 12.7. The Kier molecular flexibility index (Phi) is 4.24. The summed E-state index contributed by atoms with van der Waals surface area (Å²) < 4.78 is 0. The minimum Gasteiger partial charge on any atom is -0.481 e. The molecule has 0 spiro atoms. The lowest BCUT2D eigenvalue weighted by atomic mass is 9.78. The predicted molar refractivity (Wildman–Crippen MR) is 87.5 cm³/mol. The summed E-state index contributed by atoms with van der Waals surface area (Å²) in [7, 11) is 0. The number of carbonyl (C=O) groups is 2. The third kappa shape index (κ3) is 2.78. The van der Waals surface area contributed by atoms with E-state index in [-0.39, 0.29) is 17.7 Å². The minimum absolute atomic E-state index is 0.0370. The van der Waals surface area contributed by atoms with Gasteiger partial charge in [0.15, 0.2) is 0 Å². The van der Waals surface area contributed by atoms with Crippen molar-refractivity contribution in [1.29, 1.82) is 0 Å². The fraction of sp³-hybridized carbons (Fsp3) is 0.474. The van der Waals surface area contributed by atoms with Gasteiger partial charge >= 0.3 is 5.97 Å². The molecule has 1 amide bonds. The lowest BCUT2D eigenvalue weighted by Gasteiger charge is -2.26. The minimum atomic E-state index is -0.837. The van der Waals surface area contributed by atoms with Crippen LogP contribution in [0.4, 0.5) is 0 Å². The molecule has 0 aromatic heterocycles. The smallest absolute Gasteiger partial charge is 0.307 e. The van der Waals surface area contributed by atoms with E-state index in [1.165, 1.54) is 11.1 Å². The Morgan fingerprint density at radius 3 is 2.26 bits per heavy atom. The molecular formula is C19H23NO3. The van der Waals surface area contributed by atoms with Gasteiger partial charge in [0.1, 0.15) is 0 Å². The first-order chi connectivity index (χ1) is 11.0. The Balaban J connectivity index is 1.79. The molecule has 2 saturated carbocycles. The Morgan fingerprint density at radius 1 is 1.09 bits per heavy atom. The van der Waals surface area contributed by atoms with Crippen LogP contribution in [0.15, 0.2) is 41.5 Å². The Hall–Kier alpha value is -2.10. The summed E-state index contributed by atoms with van der Waals surface area (Å²) in [6, 6.07) is 9.71. The van der Waals surface area contributed by atoms with Gasteiger partial charge in [-0.1, -0.05) is 41.5 Å². The maximum Gasteiger partial charge on any atom is 0.307 e. The van der Waals surface area contributed by atoms with Gasteiger partial charge in [-0.15, -0.1) is 0 Å². The van der Waals surface area contributed by atoms with Gasteiger partial charge in [-0.25, -0.2) is 0 Å². The highest BCUT2D eigenvalue weighted by molar-refractivity contribution is 5.87. The zero-order valence-electron chi connectivity index (χ0n) is 13.6. The second-order valence-electron chi connectivity index (χ2n) is 6.84. The van der Waals surface area contributed by atoms with Crippen molar-refractivity contribution in [2.24, 2.45) is 23.7 Å². The summed E-state index contributed by atoms with van der Waals surface area (Å²) in [5, 5.41) is 12.6. The van der Waals surface area contributed by atoms with E-state index in [0.717, 1.165) is 18.4 Å². The fourth-order valence-electron chi connectivity index (χ4n) is 4.51. The molecule has 0 saturated heterocycles. The summed E-state index contributed by atoms with van der Waals surface area (Å²) in [5.74, 6) is -1.82. The van der Waals surface area contributed by atoms with Crippen LogP contribution in [0.3, 0.4) is 0 Å². The fourth-order valence-corrected chi connectivity index (χ4v) is 4.51. The molecule has 0 aliphatic heterocycles. The largest absolute Gasteiger partial charge is 0.481 e. The molecule has 4 atom stereocenters. The second-order valence-corrected chi connectivity index (χ2v) is 6.84. The summed E-state index contributed by atoms with van der Waals surface area (Å²) >= 11 is 0. The number of fused-ring (bicyclic) bond motifs is 2. The molecule has 23 heavy (non-hydrogen) atoms. The van der Waals surface area contributed by atoms with Crippen LogP contribution in [0.1, 0.15) is 32.3 Å². The Labute approximate surface area is 136 Å². The number of nitrogens with one attached hydrogen (secondary N) is 1. The average molecular weight is 313 g/mol. The maximum atomic E-state index is 12.7. The van der Waals surface area contributed by atoms with E-state index in [2.05, 4.69) is 5.32 Å². The van der Waals surface area contributed by atoms with E-state index in [9.17, 15) is 14.7 Å². The molecule has 1 aromatic carbocycles.